The summed E-state index contributed by atoms with van der Waals surface area (Å²) in [5.41, 5.74) is 2.17. The first-order chi connectivity index (χ1) is 16.4. The second-order valence-corrected chi connectivity index (χ2v) is 8.73. The molecule has 0 unspecified atom stereocenters. The second kappa shape index (κ2) is 10.1. The lowest BCUT2D eigenvalue weighted by atomic mass is 10.1. The Bertz CT molecular complexity index is 1320. The molecule has 0 aliphatic carbocycles. The van der Waals surface area contributed by atoms with Gasteiger partial charge in [0.25, 0.3) is 11.6 Å². The summed E-state index contributed by atoms with van der Waals surface area (Å²) in [6.07, 6.45) is 0. The molecule has 1 saturated heterocycles. The molecular weight excluding hydrogens is 460 g/mol. The molecule has 1 aliphatic rings. The lowest BCUT2D eigenvalue weighted by molar-refractivity contribution is -0.384. The van der Waals surface area contributed by atoms with Crippen LogP contribution in [0, 0.1) is 17.0 Å². The Balaban J connectivity index is 1.74. The average molecular weight is 485 g/mol. The lowest BCUT2D eigenvalue weighted by Crippen LogP contribution is -2.36. The molecule has 1 aromatic heterocycles. The van der Waals surface area contributed by atoms with Crippen LogP contribution in [0.3, 0.4) is 0 Å². The van der Waals surface area contributed by atoms with Gasteiger partial charge in [0, 0.05) is 24.7 Å². The Morgan fingerprint density at radius 1 is 1.21 bits per heavy atom. The van der Waals surface area contributed by atoms with Crippen LogP contribution in [0.5, 0.6) is 0 Å². The molecule has 4 rings (SSSR count). The number of morpholine rings is 1. The number of aromatic nitrogens is 1. The van der Waals surface area contributed by atoms with Crippen molar-refractivity contribution in [1.82, 2.24) is 4.57 Å². The molecule has 0 N–H and O–H groups in total. The third kappa shape index (κ3) is 5.00. The fourth-order valence-electron chi connectivity index (χ4n) is 3.78. The van der Waals surface area contributed by atoms with E-state index < -0.39 is 16.8 Å². The second-order valence-electron chi connectivity index (χ2n) is 7.72. The van der Waals surface area contributed by atoms with Gasteiger partial charge in [-0.05, 0) is 43.7 Å². The SMILES string of the molecule is CCOC(=O)Cn1c(=NC(=O)c2ccc(N3CCOCC3)c([N+](=O)[O-])c2)sc2cc(C)ccc21. The van der Waals surface area contributed by atoms with Crippen molar-refractivity contribution in [3.8, 4) is 0 Å². The number of carbonyl (C=O) groups is 2. The molecular formula is C23H24N4O6S. The van der Waals surface area contributed by atoms with Crippen molar-refractivity contribution in [2.75, 3.05) is 37.8 Å². The Kier molecular flexibility index (Phi) is 7.03. The number of benzene rings is 2. The molecule has 2 heterocycles. The number of thiazole rings is 1. The lowest BCUT2D eigenvalue weighted by Gasteiger charge is -2.28. The van der Waals surface area contributed by atoms with Crippen LogP contribution in [0.4, 0.5) is 11.4 Å². The zero-order valence-electron chi connectivity index (χ0n) is 18.9. The molecule has 1 aliphatic heterocycles. The van der Waals surface area contributed by atoms with Crippen LogP contribution < -0.4 is 9.70 Å². The van der Waals surface area contributed by atoms with E-state index in [0.29, 0.717) is 36.8 Å². The molecule has 1 amide bonds. The maximum absolute atomic E-state index is 13.0. The maximum Gasteiger partial charge on any atom is 0.326 e. The number of fused-ring (bicyclic) bond motifs is 1. The van der Waals surface area contributed by atoms with E-state index in [1.165, 1.54) is 23.5 Å². The zero-order chi connectivity index (χ0) is 24.2. The molecule has 1 fully saturated rings. The number of aryl methyl sites for hydroxylation is 1. The molecule has 0 bridgehead atoms. The van der Waals surface area contributed by atoms with Crippen LogP contribution in [0.1, 0.15) is 22.8 Å². The van der Waals surface area contributed by atoms with Gasteiger partial charge in [-0.25, -0.2) is 0 Å². The summed E-state index contributed by atoms with van der Waals surface area (Å²) >= 11 is 1.27. The van der Waals surface area contributed by atoms with Gasteiger partial charge in [0.2, 0.25) is 0 Å². The van der Waals surface area contributed by atoms with Crippen LogP contribution in [0.2, 0.25) is 0 Å². The van der Waals surface area contributed by atoms with Crippen molar-refractivity contribution in [1.29, 1.82) is 0 Å². The molecule has 0 spiro atoms. The molecule has 0 atom stereocenters. The minimum atomic E-state index is -0.627. The van der Waals surface area contributed by atoms with Gasteiger partial charge >= 0.3 is 5.97 Å². The molecule has 11 heteroatoms. The van der Waals surface area contributed by atoms with E-state index in [0.717, 1.165) is 15.8 Å². The number of hydrogen-bond donors (Lipinski definition) is 0. The van der Waals surface area contributed by atoms with Crippen molar-refractivity contribution >= 4 is 44.8 Å². The standard InChI is InChI=1S/C23H24N4O6S/c1-3-33-21(28)14-26-18-6-4-15(2)12-20(18)34-23(26)24-22(29)16-5-7-17(19(13-16)27(30)31)25-8-10-32-11-9-25/h4-7,12-13H,3,8-11,14H2,1-2H3. The van der Waals surface area contributed by atoms with E-state index in [1.807, 2.05) is 30.0 Å². The Hall–Kier alpha value is -3.57. The van der Waals surface area contributed by atoms with Crippen molar-refractivity contribution in [3.63, 3.8) is 0 Å². The summed E-state index contributed by atoms with van der Waals surface area (Å²) in [5.74, 6) is -1.07. The summed E-state index contributed by atoms with van der Waals surface area (Å²) in [5, 5.41) is 11.7. The highest BCUT2D eigenvalue weighted by molar-refractivity contribution is 7.16. The monoisotopic (exact) mass is 484 g/mol. The summed E-state index contributed by atoms with van der Waals surface area (Å²) in [6, 6.07) is 10.1. The summed E-state index contributed by atoms with van der Waals surface area (Å²) < 4.78 is 12.9. The number of anilines is 1. The number of carbonyl (C=O) groups excluding carboxylic acids is 2. The fourth-order valence-corrected chi connectivity index (χ4v) is 4.91. The third-order valence-corrected chi connectivity index (χ3v) is 6.44. The van der Waals surface area contributed by atoms with E-state index >= 15 is 0 Å². The van der Waals surface area contributed by atoms with Crippen LogP contribution >= 0.6 is 11.3 Å². The van der Waals surface area contributed by atoms with Gasteiger partial charge in [-0.3, -0.25) is 19.7 Å². The van der Waals surface area contributed by atoms with Gasteiger partial charge in [-0.1, -0.05) is 17.4 Å². The number of amides is 1. The van der Waals surface area contributed by atoms with Gasteiger partial charge < -0.3 is 18.9 Å². The fraction of sp³-hybridized carbons (Fsp3) is 0.348. The molecule has 178 valence electrons. The first-order valence-electron chi connectivity index (χ1n) is 10.8. The molecule has 34 heavy (non-hydrogen) atoms. The predicted octanol–water partition coefficient (Wildman–Crippen LogP) is 3.06. The number of hydrogen-bond acceptors (Lipinski definition) is 8. The summed E-state index contributed by atoms with van der Waals surface area (Å²) in [7, 11) is 0. The van der Waals surface area contributed by atoms with E-state index in [9.17, 15) is 19.7 Å². The minimum Gasteiger partial charge on any atom is -0.465 e. The molecule has 0 saturated carbocycles. The molecule has 10 nitrogen and oxygen atoms in total. The van der Waals surface area contributed by atoms with Crippen molar-refractivity contribution in [3.05, 3.63) is 62.4 Å². The number of nitrogens with zero attached hydrogens (tertiary/aromatic N) is 4. The highest BCUT2D eigenvalue weighted by Crippen LogP contribution is 2.30. The third-order valence-electron chi connectivity index (χ3n) is 5.40. The van der Waals surface area contributed by atoms with Gasteiger partial charge in [0.15, 0.2) is 4.80 Å². The van der Waals surface area contributed by atoms with Crippen molar-refractivity contribution in [2.24, 2.45) is 4.99 Å². The van der Waals surface area contributed by atoms with E-state index in [2.05, 4.69) is 4.99 Å². The van der Waals surface area contributed by atoms with E-state index in [-0.39, 0.29) is 24.4 Å². The van der Waals surface area contributed by atoms with Crippen molar-refractivity contribution < 1.29 is 24.0 Å². The van der Waals surface area contributed by atoms with Crippen LogP contribution in [-0.2, 0) is 20.8 Å². The topological polar surface area (TPSA) is 116 Å². The van der Waals surface area contributed by atoms with Crippen LogP contribution in [0.25, 0.3) is 10.2 Å². The number of esters is 1. The number of ether oxygens (including phenoxy) is 2. The van der Waals surface area contributed by atoms with Gasteiger partial charge in [0.1, 0.15) is 12.2 Å². The van der Waals surface area contributed by atoms with Crippen molar-refractivity contribution in [2.45, 2.75) is 20.4 Å². The van der Waals surface area contributed by atoms with Crippen LogP contribution in [0.15, 0.2) is 41.4 Å². The van der Waals surface area contributed by atoms with Crippen LogP contribution in [-0.4, -0.2) is 54.3 Å². The smallest absolute Gasteiger partial charge is 0.326 e. The normalized spacial score (nSPS) is 14.4. The molecule has 0 radical (unpaired) electrons. The first-order valence-corrected chi connectivity index (χ1v) is 11.6. The number of nitro benzene ring substituents is 1. The Morgan fingerprint density at radius 2 is 1.97 bits per heavy atom. The Labute approximate surface area is 199 Å². The minimum absolute atomic E-state index is 0.0973. The van der Waals surface area contributed by atoms with E-state index in [1.54, 1.807) is 17.6 Å². The quantitative estimate of drug-likeness (QED) is 0.300. The first kappa shape index (κ1) is 23.6. The summed E-state index contributed by atoms with van der Waals surface area (Å²) in [4.78, 5) is 42.9. The Morgan fingerprint density at radius 3 is 2.68 bits per heavy atom. The maximum atomic E-state index is 13.0. The predicted molar refractivity (Wildman–Crippen MR) is 127 cm³/mol. The molecule has 2 aromatic carbocycles. The highest BCUT2D eigenvalue weighted by Gasteiger charge is 2.23. The average Bonchev–Trinajstić information content (AvgIpc) is 3.14. The zero-order valence-corrected chi connectivity index (χ0v) is 19.7. The largest absolute Gasteiger partial charge is 0.465 e. The highest BCUT2D eigenvalue weighted by atomic mass is 32.1. The summed E-state index contributed by atoms with van der Waals surface area (Å²) in [6.45, 7) is 5.86. The van der Waals surface area contributed by atoms with E-state index in [4.69, 9.17) is 9.47 Å². The number of rotatable bonds is 6. The number of nitro groups is 1. The van der Waals surface area contributed by atoms with Gasteiger partial charge in [-0.2, -0.15) is 4.99 Å². The van der Waals surface area contributed by atoms with Gasteiger partial charge in [-0.15, -0.1) is 0 Å². The molecule has 3 aromatic rings. The van der Waals surface area contributed by atoms with Gasteiger partial charge in [0.05, 0.1) is 35.0 Å².